The summed E-state index contributed by atoms with van der Waals surface area (Å²) in [6.07, 6.45) is 0. The monoisotopic (exact) mass is 397 g/mol. The Morgan fingerprint density at radius 2 is 2.00 bits per heavy atom. The van der Waals surface area contributed by atoms with Crippen molar-refractivity contribution in [1.82, 2.24) is 14.8 Å². The number of nitriles is 1. The molecule has 1 heterocycles. The van der Waals surface area contributed by atoms with E-state index < -0.39 is 5.25 Å². The molecule has 1 amide bonds. The van der Waals surface area contributed by atoms with Crippen LogP contribution in [-0.4, -0.2) is 25.9 Å². The number of amides is 1. The smallest absolute Gasteiger partial charge is 0.237 e. The van der Waals surface area contributed by atoms with Gasteiger partial charge in [0, 0.05) is 23.3 Å². The Bertz CT molecular complexity index is 1010. The summed E-state index contributed by atoms with van der Waals surface area (Å²) in [5.74, 6) is 0.523. The number of carbonyl (C=O) groups excluding carboxylic acids is 1. The van der Waals surface area contributed by atoms with Crippen molar-refractivity contribution in [2.24, 2.45) is 7.05 Å². The molecule has 3 aromatic rings. The Balaban J connectivity index is 1.70. The zero-order valence-electron chi connectivity index (χ0n) is 14.7. The van der Waals surface area contributed by atoms with Crippen LogP contribution in [0.2, 0.25) is 5.02 Å². The molecule has 136 valence electrons. The fraction of sp³-hybridized carbons (Fsp3) is 0.158. The van der Waals surface area contributed by atoms with E-state index in [0.717, 1.165) is 5.56 Å². The number of rotatable bonds is 5. The van der Waals surface area contributed by atoms with Crippen molar-refractivity contribution >= 4 is 35.0 Å². The van der Waals surface area contributed by atoms with E-state index in [1.54, 1.807) is 43.3 Å². The highest BCUT2D eigenvalue weighted by atomic mass is 35.5. The van der Waals surface area contributed by atoms with Crippen molar-refractivity contribution in [3.8, 4) is 17.5 Å². The number of anilines is 1. The van der Waals surface area contributed by atoms with Crippen molar-refractivity contribution in [3.63, 3.8) is 0 Å². The molecule has 1 aromatic heterocycles. The van der Waals surface area contributed by atoms with Crippen molar-refractivity contribution < 1.29 is 4.79 Å². The maximum Gasteiger partial charge on any atom is 0.237 e. The minimum Gasteiger partial charge on any atom is -0.325 e. The second-order valence-electron chi connectivity index (χ2n) is 5.81. The van der Waals surface area contributed by atoms with Gasteiger partial charge in [-0.1, -0.05) is 29.4 Å². The van der Waals surface area contributed by atoms with Gasteiger partial charge in [-0.25, -0.2) is 0 Å². The third kappa shape index (κ3) is 4.48. The van der Waals surface area contributed by atoms with E-state index in [-0.39, 0.29) is 5.91 Å². The lowest BCUT2D eigenvalue weighted by Crippen LogP contribution is -2.22. The van der Waals surface area contributed by atoms with Gasteiger partial charge in [-0.15, -0.1) is 10.2 Å². The van der Waals surface area contributed by atoms with Gasteiger partial charge in [-0.3, -0.25) is 4.79 Å². The Labute approximate surface area is 166 Å². The predicted molar refractivity (Wildman–Crippen MR) is 107 cm³/mol. The molecule has 0 unspecified atom stereocenters. The molecule has 8 heteroatoms. The lowest BCUT2D eigenvalue weighted by Gasteiger charge is -2.12. The number of carbonyl (C=O) groups is 1. The molecule has 1 N–H and O–H groups in total. The standard InChI is InChI=1S/C19H16ClN5OS/c1-12(18(26)22-16-5-3-4-13(10-16)11-21)27-19-24-23-17(25(19)2)14-6-8-15(20)9-7-14/h3-10,12H,1-2H3,(H,22,26)/t12-/m0/s1. The Morgan fingerprint density at radius 1 is 1.26 bits per heavy atom. The summed E-state index contributed by atoms with van der Waals surface area (Å²) in [6, 6.07) is 16.2. The number of aromatic nitrogens is 3. The van der Waals surface area contributed by atoms with Gasteiger partial charge in [0.05, 0.1) is 16.9 Å². The first kappa shape index (κ1) is 19.0. The first-order valence-corrected chi connectivity index (χ1v) is 9.36. The van der Waals surface area contributed by atoms with Crippen LogP contribution in [0.3, 0.4) is 0 Å². The normalized spacial score (nSPS) is 11.6. The van der Waals surface area contributed by atoms with Crippen LogP contribution in [0.15, 0.2) is 53.7 Å². The molecular formula is C19H16ClN5OS. The number of hydrogen-bond donors (Lipinski definition) is 1. The maximum atomic E-state index is 12.5. The molecule has 0 aliphatic rings. The van der Waals surface area contributed by atoms with Gasteiger partial charge >= 0.3 is 0 Å². The molecular weight excluding hydrogens is 382 g/mol. The summed E-state index contributed by atoms with van der Waals surface area (Å²) < 4.78 is 1.84. The van der Waals surface area contributed by atoms with Gasteiger partial charge < -0.3 is 9.88 Å². The zero-order valence-corrected chi connectivity index (χ0v) is 16.3. The lowest BCUT2D eigenvalue weighted by atomic mass is 10.2. The topological polar surface area (TPSA) is 83.6 Å². The van der Waals surface area contributed by atoms with Gasteiger partial charge in [-0.05, 0) is 49.4 Å². The summed E-state index contributed by atoms with van der Waals surface area (Å²) in [4.78, 5) is 12.5. The molecule has 6 nitrogen and oxygen atoms in total. The van der Waals surface area contributed by atoms with Crippen LogP contribution in [-0.2, 0) is 11.8 Å². The minimum atomic E-state index is -0.392. The average molecular weight is 398 g/mol. The molecule has 1 atom stereocenters. The molecule has 0 spiro atoms. The van der Waals surface area contributed by atoms with Crippen molar-refractivity contribution in [3.05, 3.63) is 59.1 Å². The van der Waals surface area contributed by atoms with E-state index in [1.807, 2.05) is 23.7 Å². The molecule has 0 radical (unpaired) electrons. The van der Waals surface area contributed by atoms with Crippen molar-refractivity contribution in [1.29, 1.82) is 5.26 Å². The largest absolute Gasteiger partial charge is 0.325 e. The van der Waals surface area contributed by atoms with Crippen LogP contribution in [0.25, 0.3) is 11.4 Å². The number of hydrogen-bond acceptors (Lipinski definition) is 5. The molecule has 0 bridgehead atoms. The summed E-state index contributed by atoms with van der Waals surface area (Å²) in [6.45, 7) is 1.80. The molecule has 0 fully saturated rings. The second kappa shape index (κ2) is 8.25. The fourth-order valence-corrected chi connectivity index (χ4v) is 3.33. The summed E-state index contributed by atoms with van der Waals surface area (Å²) in [5.41, 5.74) is 1.98. The van der Waals surface area contributed by atoms with E-state index in [0.29, 0.717) is 27.3 Å². The number of nitrogens with one attached hydrogen (secondary N) is 1. The lowest BCUT2D eigenvalue weighted by molar-refractivity contribution is -0.115. The number of benzene rings is 2. The third-order valence-electron chi connectivity index (χ3n) is 3.85. The highest BCUT2D eigenvalue weighted by Crippen LogP contribution is 2.27. The van der Waals surface area contributed by atoms with Crippen molar-refractivity contribution in [2.45, 2.75) is 17.3 Å². The highest BCUT2D eigenvalue weighted by Gasteiger charge is 2.19. The van der Waals surface area contributed by atoms with Gasteiger partial charge in [0.15, 0.2) is 11.0 Å². The number of thioether (sulfide) groups is 1. The Kier molecular flexibility index (Phi) is 5.79. The maximum absolute atomic E-state index is 12.5. The van der Waals surface area contributed by atoms with E-state index in [9.17, 15) is 4.79 Å². The minimum absolute atomic E-state index is 0.175. The quantitative estimate of drug-likeness (QED) is 0.654. The van der Waals surface area contributed by atoms with E-state index in [2.05, 4.69) is 21.6 Å². The molecule has 3 rings (SSSR count). The summed E-state index contributed by atoms with van der Waals surface area (Å²) in [7, 11) is 1.85. The first-order valence-electron chi connectivity index (χ1n) is 8.11. The summed E-state index contributed by atoms with van der Waals surface area (Å²) in [5, 5.41) is 21.1. The second-order valence-corrected chi connectivity index (χ2v) is 7.56. The van der Waals surface area contributed by atoms with Crippen LogP contribution in [0.1, 0.15) is 12.5 Å². The van der Waals surface area contributed by atoms with Gasteiger partial charge in [-0.2, -0.15) is 5.26 Å². The molecule has 0 aliphatic carbocycles. The number of nitrogens with zero attached hydrogens (tertiary/aromatic N) is 4. The number of halogens is 1. The van der Waals surface area contributed by atoms with E-state index in [4.69, 9.17) is 16.9 Å². The van der Waals surface area contributed by atoms with E-state index in [1.165, 1.54) is 11.8 Å². The van der Waals surface area contributed by atoms with Crippen LogP contribution in [0.4, 0.5) is 5.69 Å². The third-order valence-corrected chi connectivity index (χ3v) is 5.23. The SMILES string of the molecule is C[C@H](Sc1nnc(-c2ccc(Cl)cc2)n1C)C(=O)Nc1cccc(C#N)c1. The predicted octanol–water partition coefficient (Wildman–Crippen LogP) is 4.13. The molecule has 0 saturated carbocycles. The van der Waals surface area contributed by atoms with Crippen LogP contribution in [0, 0.1) is 11.3 Å². The highest BCUT2D eigenvalue weighted by molar-refractivity contribution is 8.00. The molecule has 0 aliphatic heterocycles. The van der Waals surface area contributed by atoms with Crippen molar-refractivity contribution in [2.75, 3.05) is 5.32 Å². The Morgan fingerprint density at radius 3 is 2.70 bits per heavy atom. The molecule has 27 heavy (non-hydrogen) atoms. The zero-order chi connectivity index (χ0) is 19.4. The van der Waals surface area contributed by atoms with Crippen LogP contribution in [0.5, 0.6) is 0 Å². The molecule has 0 saturated heterocycles. The fourth-order valence-electron chi connectivity index (χ4n) is 2.39. The summed E-state index contributed by atoms with van der Waals surface area (Å²) >= 11 is 7.24. The van der Waals surface area contributed by atoms with Crippen LogP contribution >= 0.6 is 23.4 Å². The van der Waals surface area contributed by atoms with Gasteiger partial charge in [0.1, 0.15) is 0 Å². The molecule has 2 aromatic carbocycles. The van der Waals surface area contributed by atoms with Crippen LogP contribution < -0.4 is 5.32 Å². The average Bonchev–Trinajstić information content (AvgIpc) is 3.03. The van der Waals surface area contributed by atoms with Gasteiger partial charge in [0.2, 0.25) is 5.91 Å². The van der Waals surface area contributed by atoms with E-state index >= 15 is 0 Å². The Hall–Kier alpha value is -2.82. The first-order chi connectivity index (χ1) is 13.0. The van der Waals surface area contributed by atoms with Gasteiger partial charge in [0.25, 0.3) is 0 Å².